The van der Waals surface area contributed by atoms with E-state index in [1.165, 1.54) is 12.0 Å². The van der Waals surface area contributed by atoms with Crippen LogP contribution in [0.2, 0.25) is 0 Å². The van der Waals surface area contributed by atoms with Gasteiger partial charge < -0.3 is 20.1 Å². The molecule has 1 aromatic heterocycles. The van der Waals surface area contributed by atoms with Crippen molar-refractivity contribution in [2.45, 2.75) is 32.7 Å². The van der Waals surface area contributed by atoms with Crippen LogP contribution in [0.1, 0.15) is 50.5 Å². The molecule has 0 fully saturated rings. The van der Waals surface area contributed by atoms with Crippen LogP contribution in [0.15, 0.2) is 18.2 Å². The third-order valence-corrected chi connectivity index (χ3v) is 5.37. The summed E-state index contributed by atoms with van der Waals surface area (Å²) in [5.74, 6) is -0.892. The summed E-state index contributed by atoms with van der Waals surface area (Å²) in [5.41, 5.74) is 9.36. The van der Waals surface area contributed by atoms with Crippen LogP contribution in [0.4, 0.5) is 0 Å². The molecular formula is C22H28N4O5. The van der Waals surface area contributed by atoms with Crippen molar-refractivity contribution in [2.75, 3.05) is 34.0 Å². The number of Topliss-reactive ketones (excluding diaryl/α,β-unsaturated/α-hetero) is 1. The molecule has 1 aliphatic heterocycles. The molecule has 0 atom stereocenters. The van der Waals surface area contributed by atoms with Crippen molar-refractivity contribution in [3.8, 4) is 5.69 Å². The number of benzene rings is 1. The molecule has 0 spiro atoms. The van der Waals surface area contributed by atoms with E-state index in [2.05, 4.69) is 5.10 Å². The maximum absolute atomic E-state index is 12.7. The Kier molecular flexibility index (Phi) is 7.19. The number of ketones is 1. The molecule has 31 heavy (non-hydrogen) atoms. The second kappa shape index (κ2) is 9.84. The summed E-state index contributed by atoms with van der Waals surface area (Å²) in [6, 6.07) is 5.32. The summed E-state index contributed by atoms with van der Waals surface area (Å²) in [4.78, 5) is 38.4. The van der Waals surface area contributed by atoms with Crippen LogP contribution in [0.3, 0.4) is 0 Å². The average Bonchev–Trinajstić information content (AvgIpc) is 3.08. The van der Waals surface area contributed by atoms with Gasteiger partial charge in [-0.05, 0) is 49.9 Å². The summed E-state index contributed by atoms with van der Waals surface area (Å²) >= 11 is 0. The van der Waals surface area contributed by atoms with Crippen LogP contribution in [-0.4, -0.2) is 66.3 Å². The van der Waals surface area contributed by atoms with E-state index in [0.29, 0.717) is 41.2 Å². The Morgan fingerprint density at radius 3 is 2.61 bits per heavy atom. The molecule has 0 radical (unpaired) electrons. The number of amides is 2. The Labute approximate surface area is 181 Å². The molecule has 3 rings (SSSR count). The van der Waals surface area contributed by atoms with Gasteiger partial charge in [-0.2, -0.15) is 5.10 Å². The molecule has 0 bridgehead atoms. The highest BCUT2D eigenvalue weighted by Gasteiger charge is 2.32. The number of carbonyl (C=O) groups is 3. The average molecular weight is 428 g/mol. The van der Waals surface area contributed by atoms with Crippen molar-refractivity contribution in [1.82, 2.24) is 14.7 Å². The Morgan fingerprint density at radius 2 is 1.94 bits per heavy atom. The third kappa shape index (κ3) is 4.83. The SMILES string of the molecule is COCCCCc1cc(-n2nc(C)c3c2CN(C(=O)COC)CC3=O)ccc1C(N)=O. The first-order valence-corrected chi connectivity index (χ1v) is 10.2. The highest BCUT2D eigenvalue weighted by Crippen LogP contribution is 2.26. The van der Waals surface area contributed by atoms with Gasteiger partial charge in [0.2, 0.25) is 11.8 Å². The monoisotopic (exact) mass is 428 g/mol. The Hall–Kier alpha value is -3.04. The number of fused-ring (bicyclic) bond motifs is 1. The van der Waals surface area contributed by atoms with Gasteiger partial charge in [0, 0.05) is 26.4 Å². The van der Waals surface area contributed by atoms with Crippen molar-refractivity contribution in [3.63, 3.8) is 0 Å². The topological polar surface area (TPSA) is 117 Å². The fourth-order valence-electron chi connectivity index (χ4n) is 3.90. The van der Waals surface area contributed by atoms with E-state index in [1.54, 1.807) is 30.8 Å². The molecule has 1 aromatic carbocycles. The summed E-state index contributed by atoms with van der Waals surface area (Å²) in [6.07, 6.45) is 2.36. The van der Waals surface area contributed by atoms with Crippen molar-refractivity contribution >= 4 is 17.6 Å². The number of hydrogen-bond donors (Lipinski definition) is 1. The number of nitrogens with zero attached hydrogens (tertiary/aromatic N) is 3. The number of aromatic nitrogens is 2. The predicted octanol–water partition coefficient (Wildman–Crippen LogP) is 1.42. The first-order chi connectivity index (χ1) is 14.9. The zero-order valence-corrected chi connectivity index (χ0v) is 18.1. The van der Waals surface area contributed by atoms with Crippen LogP contribution in [0.25, 0.3) is 5.69 Å². The van der Waals surface area contributed by atoms with E-state index in [-0.39, 0.29) is 31.4 Å². The third-order valence-electron chi connectivity index (χ3n) is 5.37. The minimum absolute atomic E-state index is 0.00703. The Balaban J connectivity index is 1.98. The van der Waals surface area contributed by atoms with E-state index < -0.39 is 5.91 Å². The minimum atomic E-state index is -0.488. The zero-order valence-electron chi connectivity index (χ0n) is 18.1. The number of carbonyl (C=O) groups excluding carboxylic acids is 3. The number of nitrogens with two attached hydrogens (primary N) is 1. The molecule has 2 aromatic rings. The molecule has 0 unspecified atom stereocenters. The van der Waals surface area contributed by atoms with Gasteiger partial charge in [0.25, 0.3) is 0 Å². The lowest BCUT2D eigenvalue weighted by Crippen LogP contribution is -2.41. The van der Waals surface area contributed by atoms with Crippen molar-refractivity contribution in [2.24, 2.45) is 5.73 Å². The van der Waals surface area contributed by atoms with Crippen molar-refractivity contribution in [1.29, 1.82) is 0 Å². The first kappa shape index (κ1) is 22.6. The molecule has 1 aliphatic rings. The molecule has 0 saturated carbocycles. The fourth-order valence-corrected chi connectivity index (χ4v) is 3.90. The molecule has 2 heterocycles. The minimum Gasteiger partial charge on any atom is -0.385 e. The van der Waals surface area contributed by atoms with Gasteiger partial charge in [-0.15, -0.1) is 0 Å². The summed E-state index contributed by atoms with van der Waals surface area (Å²) in [6.45, 7) is 2.60. The quantitative estimate of drug-likeness (QED) is 0.604. The van der Waals surface area contributed by atoms with Gasteiger partial charge in [-0.1, -0.05) is 0 Å². The molecular weight excluding hydrogens is 400 g/mol. The van der Waals surface area contributed by atoms with Gasteiger partial charge in [-0.3, -0.25) is 14.4 Å². The second-order valence-corrected chi connectivity index (χ2v) is 7.58. The van der Waals surface area contributed by atoms with Gasteiger partial charge in [-0.25, -0.2) is 4.68 Å². The van der Waals surface area contributed by atoms with Gasteiger partial charge in [0.1, 0.15) is 6.61 Å². The fraction of sp³-hybridized carbons (Fsp3) is 0.455. The van der Waals surface area contributed by atoms with Gasteiger partial charge >= 0.3 is 0 Å². The number of rotatable bonds is 9. The van der Waals surface area contributed by atoms with E-state index in [0.717, 1.165) is 18.4 Å². The highest BCUT2D eigenvalue weighted by molar-refractivity contribution is 6.02. The van der Waals surface area contributed by atoms with E-state index >= 15 is 0 Å². The van der Waals surface area contributed by atoms with Gasteiger partial charge in [0.15, 0.2) is 5.78 Å². The normalized spacial score (nSPS) is 13.4. The summed E-state index contributed by atoms with van der Waals surface area (Å²) in [7, 11) is 3.10. The second-order valence-electron chi connectivity index (χ2n) is 7.58. The van der Waals surface area contributed by atoms with E-state index in [9.17, 15) is 14.4 Å². The lowest BCUT2D eigenvalue weighted by atomic mass is 10.00. The highest BCUT2D eigenvalue weighted by atomic mass is 16.5. The van der Waals surface area contributed by atoms with Crippen LogP contribution < -0.4 is 5.73 Å². The number of unbranched alkanes of at least 4 members (excludes halogenated alkanes) is 1. The maximum atomic E-state index is 12.7. The van der Waals surface area contributed by atoms with Crippen LogP contribution in [-0.2, 0) is 27.2 Å². The smallest absolute Gasteiger partial charge is 0.249 e. The predicted molar refractivity (Wildman–Crippen MR) is 113 cm³/mol. The van der Waals surface area contributed by atoms with E-state index in [1.807, 2.05) is 6.07 Å². The number of ether oxygens (including phenoxy) is 2. The molecule has 0 saturated heterocycles. The van der Waals surface area contributed by atoms with Crippen LogP contribution in [0.5, 0.6) is 0 Å². The standard InChI is InChI=1S/C22H28N4O5/c1-14-21-18(11-25(12-19(21)27)20(28)13-31-3)26(24-14)16-7-8-17(22(23)29)15(10-16)6-4-5-9-30-2/h7-8,10H,4-6,9,11-13H2,1-3H3,(H2,23,29). The summed E-state index contributed by atoms with van der Waals surface area (Å²) < 4.78 is 11.7. The molecule has 2 amide bonds. The van der Waals surface area contributed by atoms with Crippen molar-refractivity contribution < 1.29 is 23.9 Å². The first-order valence-electron chi connectivity index (χ1n) is 10.2. The van der Waals surface area contributed by atoms with Crippen LogP contribution in [0, 0.1) is 6.92 Å². The number of hydrogen-bond acceptors (Lipinski definition) is 6. The number of aryl methyl sites for hydroxylation is 2. The zero-order chi connectivity index (χ0) is 22.5. The Morgan fingerprint density at radius 1 is 1.16 bits per heavy atom. The van der Waals surface area contributed by atoms with E-state index in [4.69, 9.17) is 15.2 Å². The summed E-state index contributed by atoms with van der Waals surface area (Å²) in [5, 5.41) is 4.57. The molecule has 0 aliphatic carbocycles. The lowest BCUT2D eigenvalue weighted by Gasteiger charge is -2.27. The molecule has 2 N–H and O–H groups in total. The number of primary amides is 1. The maximum Gasteiger partial charge on any atom is 0.249 e. The van der Waals surface area contributed by atoms with Crippen LogP contribution >= 0.6 is 0 Å². The molecule has 9 heteroatoms. The van der Waals surface area contributed by atoms with Crippen molar-refractivity contribution in [3.05, 3.63) is 46.3 Å². The molecule has 166 valence electrons. The molecule has 9 nitrogen and oxygen atoms in total. The Bertz CT molecular complexity index is 998. The largest absolute Gasteiger partial charge is 0.385 e. The number of methoxy groups -OCH3 is 2. The lowest BCUT2D eigenvalue weighted by molar-refractivity contribution is -0.135. The van der Waals surface area contributed by atoms with Gasteiger partial charge in [0.05, 0.1) is 35.7 Å².